The van der Waals surface area contributed by atoms with E-state index < -0.39 is 17.7 Å². The molecule has 0 unspecified atom stereocenters. The molecule has 2 aliphatic rings. The molecule has 10 heteroatoms. The van der Waals surface area contributed by atoms with Crippen LogP contribution in [0.4, 0.5) is 0 Å². The molecule has 1 N–H and O–H groups in total. The predicted octanol–water partition coefficient (Wildman–Crippen LogP) is 4.34. The van der Waals surface area contributed by atoms with Crippen LogP contribution in [0.2, 0.25) is 0 Å². The van der Waals surface area contributed by atoms with E-state index in [1.54, 1.807) is 30.3 Å². The van der Waals surface area contributed by atoms with Crippen LogP contribution in [0, 0.1) is 6.92 Å². The second-order valence-electron chi connectivity index (χ2n) is 10.4. The summed E-state index contributed by atoms with van der Waals surface area (Å²) < 4.78 is 28.0. The van der Waals surface area contributed by atoms with Crippen LogP contribution < -0.4 is 18.9 Å². The summed E-state index contributed by atoms with van der Waals surface area (Å²) in [6.45, 7) is 8.67. The van der Waals surface area contributed by atoms with Gasteiger partial charge in [-0.15, -0.1) is 0 Å². The average molecular weight is 583 g/mol. The molecule has 0 aliphatic carbocycles. The van der Waals surface area contributed by atoms with Crippen molar-refractivity contribution in [1.29, 1.82) is 0 Å². The lowest BCUT2D eigenvalue weighted by molar-refractivity contribution is -0.140. The summed E-state index contributed by atoms with van der Waals surface area (Å²) >= 11 is 0. The summed E-state index contributed by atoms with van der Waals surface area (Å²) in [5.74, 6) is 0.232. The zero-order chi connectivity index (χ0) is 30.2. The number of methoxy groups -OCH3 is 3. The largest absolute Gasteiger partial charge is 0.507 e. The summed E-state index contributed by atoms with van der Waals surface area (Å²) in [5, 5.41) is 11.6. The first-order chi connectivity index (χ1) is 20.3. The van der Waals surface area contributed by atoms with Gasteiger partial charge >= 0.3 is 0 Å². The van der Waals surface area contributed by atoms with Gasteiger partial charge in [-0.25, -0.2) is 0 Å². The Labute approximate surface area is 247 Å². The zero-order valence-corrected chi connectivity index (χ0v) is 25.2. The summed E-state index contributed by atoms with van der Waals surface area (Å²) in [6.07, 6.45) is 2.60. The second-order valence-corrected chi connectivity index (χ2v) is 10.4. The van der Waals surface area contributed by atoms with Crippen molar-refractivity contribution in [3.8, 4) is 23.0 Å². The van der Waals surface area contributed by atoms with E-state index in [0.29, 0.717) is 66.9 Å². The molecule has 2 aliphatic heterocycles. The quantitative estimate of drug-likeness (QED) is 0.160. The van der Waals surface area contributed by atoms with E-state index in [0.717, 1.165) is 38.0 Å². The maximum Gasteiger partial charge on any atom is 0.295 e. The van der Waals surface area contributed by atoms with Gasteiger partial charge in [-0.05, 0) is 61.2 Å². The Kier molecular flexibility index (Phi) is 10.7. The highest BCUT2D eigenvalue weighted by Gasteiger charge is 2.46. The highest BCUT2D eigenvalue weighted by Crippen LogP contribution is 2.46. The third-order valence-corrected chi connectivity index (χ3v) is 7.72. The molecule has 2 heterocycles. The van der Waals surface area contributed by atoms with Gasteiger partial charge in [0.25, 0.3) is 11.7 Å². The number of amides is 1. The molecule has 2 aromatic carbocycles. The zero-order valence-electron chi connectivity index (χ0n) is 25.2. The number of hydrogen-bond donors (Lipinski definition) is 1. The number of carbonyl (C=O) groups is 2. The molecule has 2 saturated heterocycles. The number of Topliss-reactive ketones (excluding diaryl/α,β-unsaturated/α-hetero) is 1. The van der Waals surface area contributed by atoms with Crippen molar-refractivity contribution in [3.05, 3.63) is 52.6 Å². The van der Waals surface area contributed by atoms with Crippen molar-refractivity contribution < 1.29 is 38.4 Å². The van der Waals surface area contributed by atoms with Crippen LogP contribution in [0.3, 0.4) is 0 Å². The minimum atomic E-state index is -0.857. The van der Waals surface area contributed by atoms with Crippen LogP contribution in [-0.2, 0) is 14.3 Å². The van der Waals surface area contributed by atoms with Gasteiger partial charge < -0.3 is 33.7 Å². The van der Waals surface area contributed by atoms with Crippen LogP contribution in [0.25, 0.3) is 5.76 Å². The average Bonchev–Trinajstić information content (AvgIpc) is 3.26. The van der Waals surface area contributed by atoms with Crippen molar-refractivity contribution in [2.75, 3.05) is 67.3 Å². The minimum absolute atomic E-state index is 0.0136. The second kappa shape index (κ2) is 14.4. The lowest BCUT2D eigenvalue weighted by atomic mass is 9.94. The number of ketones is 1. The maximum absolute atomic E-state index is 13.6. The van der Waals surface area contributed by atoms with Gasteiger partial charge in [-0.3, -0.25) is 14.5 Å². The standard InChI is InChI=1S/C32H42N2O8/c1-6-7-15-42-24-10-9-22(18-21(24)2)29(35)27-28(23-19-25(38-3)31(40-5)26(20-23)39-4)34(32(37)30(27)36)12-8-11-33-13-16-41-17-14-33/h9-10,18-20,28,35H,6-8,11-17H2,1-5H3/t28-/m1/s1. The Morgan fingerprint density at radius 1 is 0.952 bits per heavy atom. The molecular weight excluding hydrogens is 540 g/mol. The number of benzene rings is 2. The Morgan fingerprint density at radius 2 is 1.64 bits per heavy atom. The van der Waals surface area contributed by atoms with Gasteiger partial charge in [0.15, 0.2) is 11.5 Å². The molecule has 0 bridgehead atoms. The molecule has 0 radical (unpaired) electrons. The molecule has 1 atom stereocenters. The van der Waals surface area contributed by atoms with Crippen molar-refractivity contribution in [1.82, 2.24) is 9.80 Å². The van der Waals surface area contributed by atoms with E-state index in [4.69, 9.17) is 23.7 Å². The fourth-order valence-corrected chi connectivity index (χ4v) is 5.45. The van der Waals surface area contributed by atoms with Crippen molar-refractivity contribution >= 4 is 17.4 Å². The van der Waals surface area contributed by atoms with Crippen LogP contribution in [0.15, 0.2) is 35.9 Å². The number of aliphatic hydroxyl groups is 1. The molecular formula is C32H42N2O8. The number of unbranched alkanes of at least 4 members (excludes halogenated alkanes) is 1. The summed E-state index contributed by atoms with van der Waals surface area (Å²) in [4.78, 5) is 30.9. The topological polar surface area (TPSA) is 107 Å². The van der Waals surface area contributed by atoms with Crippen molar-refractivity contribution in [3.63, 3.8) is 0 Å². The third kappa shape index (κ3) is 6.65. The van der Waals surface area contributed by atoms with Crippen molar-refractivity contribution in [2.24, 2.45) is 0 Å². The summed E-state index contributed by atoms with van der Waals surface area (Å²) in [6, 6.07) is 7.85. The number of hydrogen-bond acceptors (Lipinski definition) is 9. The van der Waals surface area contributed by atoms with E-state index in [2.05, 4.69) is 11.8 Å². The molecule has 228 valence electrons. The molecule has 10 nitrogen and oxygen atoms in total. The van der Waals surface area contributed by atoms with Gasteiger partial charge in [-0.1, -0.05) is 13.3 Å². The Morgan fingerprint density at radius 3 is 2.24 bits per heavy atom. The maximum atomic E-state index is 13.6. The molecule has 0 spiro atoms. The highest BCUT2D eigenvalue weighted by atomic mass is 16.5. The molecule has 4 rings (SSSR count). The molecule has 2 aromatic rings. The first-order valence-electron chi connectivity index (χ1n) is 14.5. The summed E-state index contributed by atoms with van der Waals surface area (Å²) in [5.41, 5.74) is 1.82. The molecule has 0 saturated carbocycles. The van der Waals surface area contributed by atoms with Crippen LogP contribution >= 0.6 is 0 Å². The molecule has 1 amide bonds. The van der Waals surface area contributed by atoms with E-state index >= 15 is 0 Å². The van der Waals surface area contributed by atoms with Crippen LogP contribution in [0.5, 0.6) is 23.0 Å². The molecule has 42 heavy (non-hydrogen) atoms. The van der Waals surface area contributed by atoms with Gasteiger partial charge in [-0.2, -0.15) is 0 Å². The number of aliphatic hydroxyl groups excluding tert-OH is 1. The van der Waals surface area contributed by atoms with Gasteiger partial charge in [0.05, 0.1) is 52.8 Å². The molecule has 2 fully saturated rings. The molecule has 0 aromatic heterocycles. The van der Waals surface area contributed by atoms with E-state index in [9.17, 15) is 14.7 Å². The Hall–Kier alpha value is -3.76. The monoisotopic (exact) mass is 582 g/mol. The first-order valence-corrected chi connectivity index (χ1v) is 14.5. The minimum Gasteiger partial charge on any atom is -0.507 e. The predicted molar refractivity (Wildman–Crippen MR) is 159 cm³/mol. The number of morpholine rings is 1. The number of ether oxygens (including phenoxy) is 5. The lowest BCUT2D eigenvalue weighted by Gasteiger charge is -2.29. The normalized spacial score (nSPS) is 18.8. The Balaban J connectivity index is 1.76. The number of likely N-dealkylation sites (tertiary alicyclic amines) is 1. The van der Waals surface area contributed by atoms with Gasteiger partial charge in [0.2, 0.25) is 5.75 Å². The number of rotatable bonds is 13. The third-order valence-electron chi connectivity index (χ3n) is 7.72. The van der Waals surface area contributed by atoms with E-state index in [-0.39, 0.29) is 11.3 Å². The fraction of sp³-hybridized carbons (Fsp3) is 0.500. The van der Waals surface area contributed by atoms with E-state index in [1.165, 1.54) is 26.2 Å². The smallest absolute Gasteiger partial charge is 0.295 e. The van der Waals surface area contributed by atoms with Gasteiger partial charge in [0, 0.05) is 31.7 Å². The SMILES string of the molecule is CCCCOc1ccc(C(O)=C2C(=O)C(=O)N(CCCN3CCOCC3)[C@@H]2c2cc(OC)c(OC)c(OC)c2)cc1C. The highest BCUT2D eigenvalue weighted by molar-refractivity contribution is 6.46. The Bertz CT molecular complexity index is 1280. The number of nitrogens with zero attached hydrogens (tertiary/aromatic N) is 2. The van der Waals surface area contributed by atoms with Crippen LogP contribution in [0.1, 0.15) is 48.9 Å². The fourth-order valence-electron chi connectivity index (χ4n) is 5.45. The van der Waals surface area contributed by atoms with Crippen molar-refractivity contribution in [2.45, 2.75) is 39.2 Å². The number of carbonyl (C=O) groups excluding carboxylic acids is 2. The number of aryl methyl sites for hydroxylation is 1. The van der Waals surface area contributed by atoms with E-state index in [1.807, 2.05) is 6.92 Å². The lowest BCUT2D eigenvalue weighted by Crippen LogP contribution is -2.39. The van der Waals surface area contributed by atoms with Crippen LogP contribution in [-0.4, -0.2) is 93.9 Å². The van der Waals surface area contributed by atoms with Gasteiger partial charge in [0.1, 0.15) is 11.5 Å². The first kappa shape index (κ1) is 31.2. The summed E-state index contributed by atoms with van der Waals surface area (Å²) in [7, 11) is 4.52.